The number of carbonyl (C=O) groups excluding carboxylic acids is 1. The molecule has 0 aliphatic carbocycles. The van der Waals surface area contributed by atoms with Crippen molar-refractivity contribution in [2.24, 2.45) is 0 Å². The van der Waals surface area contributed by atoms with E-state index in [1.54, 1.807) is 6.92 Å². The quantitative estimate of drug-likeness (QED) is 0.581. The molecule has 1 rings (SSSR count). The summed E-state index contributed by atoms with van der Waals surface area (Å²) in [5.74, 6) is -0.688. The van der Waals surface area contributed by atoms with Crippen molar-refractivity contribution in [1.82, 2.24) is 9.97 Å². The number of ether oxygens (including phenoxy) is 1. The summed E-state index contributed by atoms with van der Waals surface area (Å²) in [6, 6.07) is 0. The van der Waals surface area contributed by atoms with Gasteiger partial charge < -0.3 is 14.5 Å². The molecule has 0 bridgehead atoms. The maximum atomic E-state index is 11.4. The van der Waals surface area contributed by atoms with Gasteiger partial charge in [-0.1, -0.05) is 0 Å². The Bertz CT molecular complexity index is 430. The molecule has 2 N–H and O–H groups in total. The highest BCUT2D eigenvalue weighted by Crippen LogP contribution is 2.39. The summed E-state index contributed by atoms with van der Waals surface area (Å²) in [5.41, 5.74) is -0.0329. The minimum Gasteiger partial charge on any atom is -0.462 e. The Hall–Kier alpha value is -1.30. The van der Waals surface area contributed by atoms with E-state index in [0.29, 0.717) is 0 Å². The molecule has 1 heterocycles. The highest BCUT2D eigenvalue weighted by molar-refractivity contribution is 7.50. The first-order chi connectivity index (χ1) is 7.44. The minimum atomic E-state index is -4.27. The lowest BCUT2D eigenvalue weighted by atomic mass is 10.2. The molecule has 1 aromatic heterocycles. The van der Waals surface area contributed by atoms with E-state index in [9.17, 15) is 9.36 Å². The molecule has 0 aliphatic heterocycles. The fourth-order valence-electron chi connectivity index (χ4n) is 1.06. The minimum absolute atomic E-state index is 0.0122. The van der Waals surface area contributed by atoms with Crippen LogP contribution in [0.1, 0.15) is 23.0 Å². The molecule has 7 nitrogen and oxygen atoms in total. The smallest absolute Gasteiger partial charge is 0.341 e. The largest absolute Gasteiger partial charge is 0.462 e. The molecular formula is C8H11N2O5P. The average Bonchev–Trinajstić information content (AvgIpc) is 2.16. The second kappa shape index (κ2) is 5.16. The molecule has 16 heavy (non-hydrogen) atoms. The zero-order valence-electron chi connectivity index (χ0n) is 8.53. The van der Waals surface area contributed by atoms with Gasteiger partial charge in [0.05, 0.1) is 18.5 Å². The van der Waals surface area contributed by atoms with Crippen molar-refractivity contribution in [3.05, 3.63) is 23.8 Å². The van der Waals surface area contributed by atoms with Gasteiger partial charge in [0, 0.05) is 6.20 Å². The lowest BCUT2D eigenvalue weighted by Crippen LogP contribution is -2.10. The number of nitrogens with zero attached hydrogens (tertiary/aromatic N) is 2. The van der Waals surface area contributed by atoms with E-state index in [-0.39, 0.29) is 17.9 Å². The summed E-state index contributed by atoms with van der Waals surface area (Å²) >= 11 is 0. The second-order valence-electron chi connectivity index (χ2n) is 2.93. The van der Waals surface area contributed by atoms with Crippen LogP contribution in [0, 0.1) is 0 Å². The van der Waals surface area contributed by atoms with Gasteiger partial charge in [0.2, 0.25) is 0 Å². The maximum Gasteiger partial charge on any atom is 0.341 e. The Kier molecular flexibility index (Phi) is 4.12. The first-order valence-electron chi connectivity index (χ1n) is 4.44. The fraction of sp³-hybridized carbons (Fsp3) is 0.375. The van der Waals surface area contributed by atoms with Crippen LogP contribution < -0.4 is 0 Å². The lowest BCUT2D eigenvalue weighted by molar-refractivity contribution is 0.0524. The fourth-order valence-corrected chi connectivity index (χ4v) is 1.70. The van der Waals surface area contributed by atoms with E-state index < -0.39 is 19.7 Å². The van der Waals surface area contributed by atoms with Crippen LogP contribution in [0.2, 0.25) is 0 Å². The number of aromatic nitrogens is 2. The van der Waals surface area contributed by atoms with E-state index in [1.165, 1.54) is 6.20 Å². The van der Waals surface area contributed by atoms with E-state index in [4.69, 9.17) is 14.5 Å². The molecule has 0 radical (unpaired) electrons. The summed E-state index contributed by atoms with van der Waals surface area (Å²) < 4.78 is 15.5. The number of esters is 1. The highest BCUT2D eigenvalue weighted by atomic mass is 31.2. The monoisotopic (exact) mass is 246 g/mol. The van der Waals surface area contributed by atoms with Gasteiger partial charge >= 0.3 is 13.6 Å². The van der Waals surface area contributed by atoms with Crippen LogP contribution in [0.15, 0.2) is 12.5 Å². The third-order valence-corrected chi connectivity index (χ3v) is 2.36. The first kappa shape index (κ1) is 12.8. The summed E-state index contributed by atoms with van der Waals surface area (Å²) in [4.78, 5) is 36.3. The van der Waals surface area contributed by atoms with Gasteiger partial charge in [-0.25, -0.2) is 14.8 Å². The number of hydrogen-bond acceptors (Lipinski definition) is 5. The van der Waals surface area contributed by atoms with Crippen molar-refractivity contribution in [3.8, 4) is 0 Å². The standard InChI is InChI=1S/C8H11N2O5P/c1-2-15-8(11)6-3-9-5-10-7(6)4-16(12,13)14/h3,5H,2,4H2,1H3,(H2,12,13,14). The number of carbonyl (C=O) groups is 1. The average molecular weight is 246 g/mol. The van der Waals surface area contributed by atoms with Gasteiger partial charge in [-0.3, -0.25) is 4.57 Å². The molecular weight excluding hydrogens is 235 g/mol. The van der Waals surface area contributed by atoms with E-state index >= 15 is 0 Å². The summed E-state index contributed by atoms with van der Waals surface area (Å²) in [5, 5.41) is 0. The van der Waals surface area contributed by atoms with Gasteiger partial charge in [-0.2, -0.15) is 0 Å². The molecule has 0 spiro atoms. The van der Waals surface area contributed by atoms with Crippen molar-refractivity contribution in [2.75, 3.05) is 6.61 Å². The third-order valence-electron chi connectivity index (χ3n) is 1.65. The normalized spacial score (nSPS) is 11.2. The predicted octanol–water partition coefficient (Wildman–Crippen LogP) is 0.331. The SMILES string of the molecule is CCOC(=O)c1cncnc1CP(=O)(O)O. The Morgan fingerprint density at radius 3 is 2.81 bits per heavy atom. The third kappa shape index (κ3) is 3.69. The molecule has 0 fully saturated rings. The molecule has 88 valence electrons. The van der Waals surface area contributed by atoms with Crippen LogP contribution in [-0.4, -0.2) is 32.3 Å². The number of rotatable bonds is 4. The first-order valence-corrected chi connectivity index (χ1v) is 6.24. The molecule has 0 saturated carbocycles. The van der Waals surface area contributed by atoms with Crippen molar-refractivity contribution < 1.29 is 23.9 Å². The Balaban J connectivity index is 3.01. The van der Waals surface area contributed by atoms with E-state index in [0.717, 1.165) is 6.33 Å². The van der Waals surface area contributed by atoms with Crippen molar-refractivity contribution >= 4 is 13.6 Å². The lowest BCUT2D eigenvalue weighted by Gasteiger charge is -2.07. The maximum absolute atomic E-state index is 11.4. The molecule has 0 saturated heterocycles. The van der Waals surface area contributed by atoms with Crippen LogP contribution in [0.3, 0.4) is 0 Å². The summed E-state index contributed by atoms with van der Waals surface area (Å²) in [6.07, 6.45) is 1.69. The molecule has 0 aromatic carbocycles. The Morgan fingerprint density at radius 2 is 2.25 bits per heavy atom. The van der Waals surface area contributed by atoms with Crippen molar-refractivity contribution in [1.29, 1.82) is 0 Å². The number of hydrogen-bond donors (Lipinski definition) is 2. The van der Waals surface area contributed by atoms with Gasteiger partial charge in [0.15, 0.2) is 0 Å². The summed E-state index contributed by atoms with van der Waals surface area (Å²) in [6.45, 7) is 1.80. The molecule has 0 amide bonds. The van der Waals surface area contributed by atoms with Crippen LogP contribution >= 0.6 is 7.60 Å². The molecule has 1 aromatic rings. The molecule has 8 heteroatoms. The van der Waals surface area contributed by atoms with E-state index in [2.05, 4.69) is 9.97 Å². The highest BCUT2D eigenvalue weighted by Gasteiger charge is 2.21. The predicted molar refractivity (Wildman–Crippen MR) is 53.7 cm³/mol. The van der Waals surface area contributed by atoms with Crippen molar-refractivity contribution in [2.45, 2.75) is 13.1 Å². The molecule has 0 aliphatic rings. The van der Waals surface area contributed by atoms with Gasteiger partial charge in [-0.05, 0) is 6.92 Å². The topological polar surface area (TPSA) is 110 Å². The second-order valence-corrected chi connectivity index (χ2v) is 4.57. The zero-order valence-corrected chi connectivity index (χ0v) is 9.42. The molecule has 0 unspecified atom stereocenters. The van der Waals surface area contributed by atoms with Gasteiger partial charge in [0.1, 0.15) is 11.9 Å². The van der Waals surface area contributed by atoms with Crippen LogP contribution in [0.25, 0.3) is 0 Å². The Labute approximate surface area is 91.7 Å². The van der Waals surface area contributed by atoms with Gasteiger partial charge in [-0.15, -0.1) is 0 Å². The van der Waals surface area contributed by atoms with Crippen LogP contribution in [0.4, 0.5) is 0 Å². The molecule has 0 atom stereocenters. The van der Waals surface area contributed by atoms with Gasteiger partial charge in [0.25, 0.3) is 0 Å². The van der Waals surface area contributed by atoms with Crippen LogP contribution in [0.5, 0.6) is 0 Å². The summed E-state index contributed by atoms with van der Waals surface area (Å²) in [7, 11) is -4.27. The van der Waals surface area contributed by atoms with E-state index in [1.807, 2.05) is 0 Å². The zero-order chi connectivity index (χ0) is 12.2. The van der Waals surface area contributed by atoms with Crippen molar-refractivity contribution in [3.63, 3.8) is 0 Å². The van der Waals surface area contributed by atoms with Crippen LogP contribution in [-0.2, 0) is 15.5 Å². The Morgan fingerprint density at radius 1 is 1.56 bits per heavy atom.